The molecule has 1 aromatic carbocycles. The van der Waals surface area contributed by atoms with Crippen LogP contribution in [0.3, 0.4) is 0 Å². The van der Waals surface area contributed by atoms with Crippen molar-refractivity contribution in [2.75, 3.05) is 17.7 Å². The Kier molecular flexibility index (Phi) is 9.06. The summed E-state index contributed by atoms with van der Waals surface area (Å²) in [5, 5.41) is 13.2. The van der Waals surface area contributed by atoms with Gasteiger partial charge in [-0.25, -0.2) is 4.79 Å². The van der Waals surface area contributed by atoms with Crippen molar-refractivity contribution in [1.82, 2.24) is 14.8 Å². The number of aromatic nitrogens is 3. The Hall–Kier alpha value is -2.82. The summed E-state index contributed by atoms with van der Waals surface area (Å²) in [6.07, 6.45) is 5.60. The van der Waals surface area contributed by atoms with Gasteiger partial charge in [0.2, 0.25) is 5.91 Å². The van der Waals surface area contributed by atoms with Crippen LogP contribution in [-0.2, 0) is 35.5 Å². The van der Waals surface area contributed by atoms with Crippen LogP contribution in [0.5, 0.6) is 5.75 Å². The van der Waals surface area contributed by atoms with E-state index in [2.05, 4.69) is 22.1 Å². The third-order valence-electron chi connectivity index (χ3n) is 5.52. The number of allylic oxidation sites excluding steroid dienone is 1. The lowest BCUT2D eigenvalue weighted by atomic mass is 9.95. The zero-order valence-corrected chi connectivity index (χ0v) is 22.3. The highest BCUT2D eigenvalue weighted by Crippen LogP contribution is 2.38. The van der Waals surface area contributed by atoms with Crippen molar-refractivity contribution in [3.05, 3.63) is 63.8 Å². The van der Waals surface area contributed by atoms with Crippen LogP contribution < -0.4 is 10.1 Å². The molecule has 8 nitrogen and oxygen atoms in total. The maximum atomic E-state index is 12.9. The van der Waals surface area contributed by atoms with Gasteiger partial charge in [0.05, 0.1) is 17.9 Å². The molecule has 0 aliphatic heterocycles. The minimum absolute atomic E-state index is 0.109. The largest absolute Gasteiger partial charge is 0.486 e. The number of halogens is 1. The van der Waals surface area contributed by atoms with Gasteiger partial charge < -0.3 is 14.8 Å². The summed E-state index contributed by atoms with van der Waals surface area (Å²) in [5.74, 6) is 0.783. The van der Waals surface area contributed by atoms with Crippen molar-refractivity contribution in [3.8, 4) is 5.75 Å². The Morgan fingerprint density at radius 3 is 2.78 bits per heavy atom. The van der Waals surface area contributed by atoms with Gasteiger partial charge in [0, 0.05) is 16.4 Å². The molecule has 0 radical (unpaired) electrons. The van der Waals surface area contributed by atoms with Crippen LogP contribution in [0.15, 0.2) is 42.1 Å². The number of aryl methyl sites for hydroxylation is 1. The van der Waals surface area contributed by atoms with Gasteiger partial charge in [-0.05, 0) is 62.4 Å². The standard InChI is InChI=1S/C25H27ClN4O4S2/c1-3-13-30-20(14-34-17-11-9-16(26)10-12-17)28-29-25(30)35-15-21(31)27-23-22(24(32)33-4-2)18-7-5-6-8-19(18)36-23/h3,9-12H,1,4-8,13-15H2,2H3,(H,27,31). The molecule has 1 aliphatic rings. The third kappa shape index (κ3) is 6.29. The van der Waals surface area contributed by atoms with E-state index in [0.717, 1.165) is 36.1 Å². The summed E-state index contributed by atoms with van der Waals surface area (Å²) in [6.45, 7) is 6.55. The molecule has 1 N–H and O–H groups in total. The molecule has 0 atom stereocenters. The van der Waals surface area contributed by atoms with Crippen LogP contribution in [-0.4, -0.2) is 39.0 Å². The summed E-state index contributed by atoms with van der Waals surface area (Å²) < 4.78 is 12.9. The lowest BCUT2D eigenvalue weighted by Gasteiger charge is -2.12. The first-order valence-electron chi connectivity index (χ1n) is 11.7. The van der Waals surface area contributed by atoms with Crippen molar-refractivity contribution >= 4 is 51.6 Å². The molecule has 0 fully saturated rings. The van der Waals surface area contributed by atoms with Crippen LogP contribution in [0.25, 0.3) is 0 Å². The molecule has 190 valence electrons. The van der Waals surface area contributed by atoms with Gasteiger partial charge in [0.15, 0.2) is 11.0 Å². The zero-order chi connectivity index (χ0) is 25.5. The normalized spacial score (nSPS) is 12.6. The number of carbonyl (C=O) groups is 2. The molecule has 0 saturated carbocycles. The minimum Gasteiger partial charge on any atom is -0.486 e. The topological polar surface area (TPSA) is 95.3 Å². The van der Waals surface area contributed by atoms with E-state index in [0.29, 0.717) is 38.9 Å². The fraction of sp³-hybridized carbons (Fsp3) is 0.360. The first kappa shape index (κ1) is 26.2. The molecule has 1 amide bonds. The smallest absolute Gasteiger partial charge is 0.341 e. The fourth-order valence-electron chi connectivity index (χ4n) is 3.89. The number of esters is 1. The van der Waals surface area contributed by atoms with Gasteiger partial charge in [-0.1, -0.05) is 29.4 Å². The number of carbonyl (C=O) groups excluding carboxylic acids is 2. The van der Waals surface area contributed by atoms with Gasteiger partial charge >= 0.3 is 5.97 Å². The van der Waals surface area contributed by atoms with E-state index in [4.69, 9.17) is 21.1 Å². The number of rotatable bonds is 11. The molecule has 0 saturated heterocycles. The van der Waals surface area contributed by atoms with Crippen LogP contribution in [0, 0.1) is 0 Å². The summed E-state index contributed by atoms with van der Waals surface area (Å²) in [4.78, 5) is 26.6. The average Bonchev–Trinajstić information content (AvgIpc) is 3.43. The molecule has 0 spiro atoms. The first-order valence-corrected chi connectivity index (χ1v) is 13.8. The summed E-state index contributed by atoms with van der Waals surface area (Å²) in [7, 11) is 0. The predicted octanol–water partition coefficient (Wildman–Crippen LogP) is 5.54. The zero-order valence-electron chi connectivity index (χ0n) is 19.9. The van der Waals surface area contributed by atoms with Gasteiger partial charge in [-0.15, -0.1) is 28.1 Å². The first-order chi connectivity index (χ1) is 17.5. The van der Waals surface area contributed by atoms with Crippen molar-refractivity contribution in [1.29, 1.82) is 0 Å². The predicted molar refractivity (Wildman–Crippen MR) is 142 cm³/mol. The summed E-state index contributed by atoms with van der Waals surface area (Å²) >= 11 is 8.66. The molecular formula is C25H27ClN4O4S2. The number of nitrogens with zero attached hydrogens (tertiary/aromatic N) is 3. The number of fused-ring (bicyclic) bond motifs is 1. The number of hydrogen-bond donors (Lipinski definition) is 1. The van der Waals surface area contributed by atoms with Crippen LogP contribution >= 0.6 is 34.7 Å². The highest BCUT2D eigenvalue weighted by Gasteiger charge is 2.27. The molecule has 4 rings (SSSR count). The molecular weight excluding hydrogens is 520 g/mol. The molecule has 1 aliphatic carbocycles. The number of thioether (sulfide) groups is 1. The van der Waals surface area contributed by atoms with Gasteiger partial charge in [0.1, 0.15) is 17.4 Å². The second-order valence-corrected chi connectivity index (χ2v) is 10.5. The summed E-state index contributed by atoms with van der Waals surface area (Å²) in [5.41, 5.74) is 1.52. The molecule has 3 aromatic rings. The lowest BCUT2D eigenvalue weighted by molar-refractivity contribution is -0.113. The minimum atomic E-state index is -0.379. The number of ether oxygens (including phenoxy) is 2. The Balaban J connectivity index is 1.42. The van der Waals surface area contributed by atoms with Crippen molar-refractivity contribution in [2.45, 2.75) is 50.9 Å². The van der Waals surface area contributed by atoms with Crippen LogP contribution in [0.1, 0.15) is 46.4 Å². The Morgan fingerprint density at radius 2 is 2.03 bits per heavy atom. The van der Waals surface area contributed by atoms with Crippen molar-refractivity contribution in [3.63, 3.8) is 0 Å². The molecule has 0 unspecified atom stereocenters. The van der Waals surface area contributed by atoms with E-state index in [9.17, 15) is 9.59 Å². The van der Waals surface area contributed by atoms with Crippen molar-refractivity contribution < 1.29 is 19.1 Å². The van der Waals surface area contributed by atoms with E-state index in [1.807, 2.05) is 4.57 Å². The van der Waals surface area contributed by atoms with Crippen LogP contribution in [0.2, 0.25) is 5.02 Å². The molecule has 2 aromatic heterocycles. The summed E-state index contributed by atoms with van der Waals surface area (Å²) in [6, 6.07) is 7.07. The number of hydrogen-bond acceptors (Lipinski definition) is 8. The van der Waals surface area contributed by atoms with E-state index >= 15 is 0 Å². The monoisotopic (exact) mass is 546 g/mol. The maximum Gasteiger partial charge on any atom is 0.341 e. The highest BCUT2D eigenvalue weighted by atomic mass is 35.5. The lowest BCUT2D eigenvalue weighted by Crippen LogP contribution is -2.17. The number of benzene rings is 1. The number of amides is 1. The average molecular weight is 547 g/mol. The van der Waals surface area contributed by atoms with E-state index < -0.39 is 0 Å². The fourth-order valence-corrected chi connectivity index (χ4v) is 6.08. The SMILES string of the molecule is C=CCn1c(COc2ccc(Cl)cc2)nnc1SCC(=O)Nc1sc2c(c1C(=O)OCC)CCCC2. The molecule has 2 heterocycles. The van der Waals surface area contributed by atoms with E-state index in [1.54, 1.807) is 37.3 Å². The Morgan fingerprint density at radius 1 is 1.25 bits per heavy atom. The van der Waals surface area contributed by atoms with Crippen LogP contribution in [0.4, 0.5) is 5.00 Å². The molecule has 0 bridgehead atoms. The van der Waals surface area contributed by atoms with E-state index in [-0.39, 0.29) is 30.8 Å². The molecule has 36 heavy (non-hydrogen) atoms. The van der Waals surface area contributed by atoms with Gasteiger partial charge in [0.25, 0.3) is 0 Å². The number of thiophene rings is 1. The van der Waals surface area contributed by atoms with E-state index in [1.165, 1.54) is 23.1 Å². The van der Waals surface area contributed by atoms with Gasteiger partial charge in [-0.3, -0.25) is 9.36 Å². The van der Waals surface area contributed by atoms with Gasteiger partial charge in [-0.2, -0.15) is 0 Å². The Labute approximate surface area is 223 Å². The number of nitrogens with one attached hydrogen (secondary N) is 1. The highest BCUT2D eigenvalue weighted by molar-refractivity contribution is 7.99. The third-order valence-corrected chi connectivity index (χ3v) is 7.95. The maximum absolute atomic E-state index is 12.9. The second-order valence-electron chi connectivity index (χ2n) is 8.01. The quantitative estimate of drug-likeness (QED) is 0.191. The second kappa shape index (κ2) is 12.4. The van der Waals surface area contributed by atoms with Crippen molar-refractivity contribution in [2.24, 2.45) is 0 Å². The molecule has 11 heteroatoms. The number of anilines is 1. The Bertz CT molecular complexity index is 1240.